The van der Waals surface area contributed by atoms with Crippen molar-refractivity contribution in [3.63, 3.8) is 0 Å². The molecule has 2 aromatic carbocycles. The Kier molecular flexibility index (Phi) is 5.60. The molecule has 0 radical (unpaired) electrons. The van der Waals surface area contributed by atoms with Gasteiger partial charge in [0.05, 0.1) is 10.2 Å². The van der Waals surface area contributed by atoms with E-state index in [2.05, 4.69) is 5.32 Å². The fraction of sp³-hybridized carbons (Fsp3) is 0.300. The highest BCUT2D eigenvalue weighted by atomic mass is 32.1. The predicted molar refractivity (Wildman–Crippen MR) is 106 cm³/mol. The molecule has 3 aromatic rings. The first kappa shape index (κ1) is 19.1. The maximum atomic E-state index is 13.8. The molecule has 1 heterocycles. The molecule has 1 atom stereocenters. The van der Waals surface area contributed by atoms with Gasteiger partial charge in [0.1, 0.15) is 0 Å². The largest absolute Gasteiger partial charge is 0.478 e. The number of anilines is 1. The number of para-hydroxylation sites is 1. The first-order valence-corrected chi connectivity index (χ1v) is 9.59. The van der Waals surface area contributed by atoms with Gasteiger partial charge in [0, 0.05) is 11.7 Å². The molecule has 1 amide bonds. The number of carbonyl (C=O) groups excluding carboxylic acids is 1. The van der Waals surface area contributed by atoms with Crippen LogP contribution in [0.3, 0.4) is 0 Å². The predicted octanol–water partition coefficient (Wildman–Crippen LogP) is 4.58. The molecule has 0 aliphatic rings. The average Bonchev–Trinajstić information content (AvgIpc) is 2.96. The van der Waals surface area contributed by atoms with Gasteiger partial charge in [-0.25, -0.2) is 4.39 Å². The molecule has 27 heavy (non-hydrogen) atoms. The lowest BCUT2D eigenvalue weighted by Crippen LogP contribution is -2.32. The molecule has 5 nitrogen and oxygen atoms in total. The Bertz CT molecular complexity index is 1030. The quantitative estimate of drug-likeness (QED) is 0.672. The number of nitrogens with zero attached hydrogens (tertiary/aromatic N) is 1. The topological polar surface area (TPSA) is 60.3 Å². The molecule has 0 bridgehead atoms. The number of halogens is 1. The maximum absolute atomic E-state index is 13.8. The molecular formula is C20H21FN2O3S. The molecule has 0 saturated carbocycles. The summed E-state index contributed by atoms with van der Waals surface area (Å²) in [6.45, 7) is 5.70. The minimum Gasteiger partial charge on any atom is -0.478 e. The Morgan fingerprint density at radius 1 is 1.26 bits per heavy atom. The Morgan fingerprint density at radius 3 is 2.67 bits per heavy atom. The molecule has 1 aromatic heterocycles. The minimum atomic E-state index is -0.823. The van der Waals surface area contributed by atoms with Crippen LogP contribution in [0.5, 0.6) is 5.75 Å². The number of benzene rings is 2. The fourth-order valence-corrected chi connectivity index (χ4v) is 3.89. The summed E-state index contributed by atoms with van der Waals surface area (Å²) in [5.74, 6) is -0.831. The summed E-state index contributed by atoms with van der Waals surface area (Å²) in [4.78, 5) is 24.7. The normalized spacial score (nSPS) is 12.3. The standard InChI is InChI=1S/C20H21FN2O3S/c1-4-16(26-17-8-6-5-7-14(17)21)19(24)22-13-9-10-15-18(11-13)27-20(25)23(15)12(2)3/h5-12,16H,4H2,1-3H3,(H,22,24)/t16-/m0/s1. The van der Waals surface area contributed by atoms with Crippen LogP contribution in [-0.4, -0.2) is 16.6 Å². The molecule has 0 aliphatic heterocycles. The Balaban J connectivity index is 1.80. The number of nitrogens with one attached hydrogen (secondary N) is 1. The van der Waals surface area contributed by atoms with Gasteiger partial charge < -0.3 is 10.1 Å². The molecule has 1 N–H and O–H groups in total. The van der Waals surface area contributed by atoms with Gasteiger partial charge in [-0.15, -0.1) is 0 Å². The van der Waals surface area contributed by atoms with Crippen LogP contribution >= 0.6 is 11.3 Å². The molecule has 0 aliphatic carbocycles. The summed E-state index contributed by atoms with van der Waals surface area (Å²) in [6, 6.07) is 11.4. The van der Waals surface area contributed by atoms with Crippen LogP contribution in [0.25, 0.3) is 10.2 Å². The number of aromatic nitrogens is 1. The molecule has 0 saturated heterocycles. The van der Waals surface area contributed by atoms with E-state index in [1.807, 2.05) is 19.9 Å². The van der Waals surface area contributed by atoms with Crippen molar-refractivity contribution >= 4 is 33.1 Å². The third-order valence-corrected chi connectivity index (χ3v) is 5.08. The zero-order chi connectivity index (χ0) is 19.6. The number of fused-ring (bicyclic) bond motifs is 1. The lowest BCUT2D eigenvalue weighted by molar-refractivity contribution is -0.122. The summed E-state index contributed by atoms with van der Waals surface area (Å²) in [5, 5.41) is 2.79. The number of amides is 1. The van der Waals surface area contributed by atoms with Crippen molar-refractivity contribution < 1.29 is 13.9 Å². The van der Waals surface area contributed by atoms with E-state index in [1.54, 1.807) is 35.8 Å². The number of ether oxygens (including phenoxy) is 1. The maximum Gasteiger partial charge on any atom is 0.308 e. The first-order valence-electron chi connectivity index (χ1n) is 8.77. The van der Waals surface area contributed by atoms with Crippen molar-refractivity contribution in [1.82, 2.24) is 4.57 Å². The van der Waals surface area contributed by atoms with Crippen LogP contribution in [0.2, 0.25) is 0 Å². The van der Waals surface area contributed by atoms with E-state index in [0.29, 0.717) is 12.1 Å². The van der Waals surface area contributed by atoms with Crippen LogP contribution in [0.1, 0.15) is 33.2 Å². The number of hydrogen-bond donors (Lipinski definition) is 1. The molecule has 3 rings (SSSR count). The van der Waals surface area contributed by atoms with E-state index in [9.17, 15) is 14.0 Å². The van der Waals surface area contributed by atoms with Gasteiger partial charge in [0.2, 0.25) is 0 Å². The third kappa shape index (κ3) is 4.03. The number of rotatable bonds is 6. The van der Waals surface area contributed by atoms with Crippen molar-refractivity contribution in [2.24, 2.45) is 0 Å². The minimum absolute atomic E-state index is 0.0298. The van der Waals surface area contributed by atoms with Crippen LogP contribution in [0, 0.1) is 5.82 Å². The van der Waals surface area contributed by atoms with E-state index >= 15 is 0 Å². The van der Waals surface area contributed by atoms with Gasteiger partial charge in [0.15, 0.2) is 17.7 Å². The SMILES string of the molecule is CC[C@H](Oc1ccccc1F)C(=O)Nc1ccc2c(c1)sc(=O)n2C(C)C. The monoisotopic (exact) mass is 388 g/mol. The molecule has 0 spiro atoms. The number of thiazole rings is 1. The summed E-state index contributed by atoms with van der Waals surface area (Å²) >= 11 is 1.14. The van der Waals surface area contributed by atoms with Crippen LogP contribution in [0.4, 0.5) is 10.1 Å². The van der Waals surface area contributed by atoms with E-state index in [0.717, 1.165) is 21.6 Å². The number of carbonyl (C=O) groups is 1. The lowest BCUT2D eigenvalue weighted by Gasteiger charge is -2.17. The molecular weight excluding hydrogens is 367 g/mol. The zero-order valence-corrected chi connectivity index (χ0v) is 16.2. The second-order valence-electron chi connectivity index (χ2n) is 6.45. The smallest absolute Gasteiger partial charge is 0.308 e. The second kappa shape index (κ2) is 7.92. The van der Waals surface area contributed by atoms with Crippen LogP contribution < -0.4 is 14.9 Å². The van der Waals surface area contributed by atoms with E-state index < -0.39 is 11.9 Å². The van der Waals surface area contributed by atoms with Crippen molar-refractivity contribution in [2.45, 2.75) is 39.3 Å². The number of hydrogen-bond acceptors (Lipinski definition) is 4. The average molecular weight is 388 g/mol. The second-order valence-corrected chi connectivity index (χ2v) is 7.44. The van der Waals surface area contributed by atoms with Gasteiger partial charge in [0.25, 0.3) is 5.91 Å². The van der Waals surface area contributed by atoms with Crippen molar-refractivity contribution in [3.05, 3.63) is 57.9 Å². The highest BCUT2D eigenvalue weighted by Crippen LogP contribution is 2.25. The first-order chi connectivity index (χ1) is 12.9. The Labute approximate surface area is 160 Å². The highest BCUT2D eigenvalue weighted by molar-refractivity contribution is 7.16. The Morgan fingerprint density at radius 2 is 2.00 bits per heavy atom. The van der Waals surface area contributed by atoms with Gasteiger partial charge in [-0.3, -0.25) is 14.2 Å². The van der Waals surface area contributed by atoms with Crippen LogP contribution in [-0.2, 0) is 4.79 Å². The van der Waals surface area contributed by atoms with Gasteiger partial charge in [-0.2, -0.15) is 0 Å². The summed E-state index contributed by atoms with van der Waals surface area (Å²) in [7, 11) is 0. The molecule has 142 valence electrons. The van der Waals surface area contributed by atoms with Gasteiger partial charge in [-0.05, 0) is 50.6 Å². The van der Waals surface area contributed by atoms with Crippen molar-refractivity contribution in [1.29, 1.82) is 0 Å². The van der Waals surface area contributed by atoms with E-state index in [4.69, 9.17) is 4.74 Å². The lowest BCUT2D eigenvalue weighted by atomic mass is 10.2. The van der Waals surface area contributed by atoms with Crippen molar-refractivity contribution in [3.8, 4) is 5.75 Å². The molecule has 0 fully saturated rings. The molecule has 7 heteroatoms. The van der Waals surface area contributed by atoms with Gasteiger partial charge >= 0.3 is 4.87 Å². The summed E-state index contributed by atoms with van der Waals surface area (Å²) in [5.41, 5.74) is 1.41. The third-order valence-electron chi connectivity index (χ3n) is 4.17. The summed E-state index contributed by atoms with van der Waals surface area (Å²) < 4.78 is 21.8. The van der Waals surface area contributed by atoms with Crippen molar-refractivity contribution in [2.75, 3.05) is 5.32 Å². The Hall–Kier alpha value is -2.67. The summed E-state index contributed by atoms with van der Waals surface area (Å²) in [6.07, 6.45) is -0.434. The highest BCUT2D eigenvalue weighted by Gasteiger charge is 2.20. The van der Waals surface area contributed by atoms with E-state index in [-0.39, 0.29) is 22.6 Å². The van der Waals surface area contributed by atoms with Gasteiger partial charge in [-0.1, -0.05) is 30.4 Å². The van der Waals surface area contributed by atoms with Crippen LogP contribution in [0.15, 0.2) is 47.3 Å². The molecule has 0 unspecified atom stereocenters. The zero-order valence-electron chi connectivity index (χ0n) is 15.4. The fourth-order valence-electron chi connectivity index (χ4n) is 2.84. The van der Waals surface area contributed by atoms with E-state index in [1.165, 1.54) is 12.1 Å².